The van der Waals surface area contributed by atoms with Gasteiger partial charge in [-0.15, -0.1) is 0 Å². The summed E-state index contributed by atoms with van der Waals surface area (Å²) in [6.07, 6.45) is -0.0219. The van der Waals surface area contributed by atoms with Gasteiger partial charge in [0.1, 0.15) is 25.4 Å². The summed E-state index contributed by atoms with van der Waals surface area (Å²) in [6.45, 7) is 8.54. The number of hydrogen-bond acceptors (Lipinski definition) is 10. The lowest BCUT2D eigenvalue weighted by Gasteiger charge is -2.33. The molecule has 1 aliphatic rings. The Morgan fingerprint density at radius 1 is 0.939 bits per heavy atom. The number of nitrogens with one attached hydrogen (secondary N) is 2. The van der Waals surface area contributed by atoms with E-state index in [4.69, 9.17) is 23.7 Å². The number of nitrogens with zero attached hydrogens (tertiary/aromatic N) is 1. The molecule has 0 radical (unpaired) electrons. The number of alkyl carbamates (subject to hydrolysis) is 1. The van der Waals surface area contributed by atoms with Crippen molar-refractivity contribution < 1.29 is 46.5 Å². The summed E-state index contributed by atoms with van der Waals surface area (Å²) in [7, 11) is -4.15. The van der Waals surface area contributed by atoms with Crippen LogP contribution in [0.5, 0.6) is 0 Å². The van der Waals surface area contributed by atoms with E-state index in [2.05, 4.69) is 10.6 Å². The molecule has 0 bridgehead atoms. The first-order valence-electron chi connectivity index (χ1n) is 16.9. The van der Waals surface area contributed by atoms with Crippen molar-refractivity contribution in [3.05, 3.63) is 60.2 Å². The second kappa shape index (κ2) is 20.8. The minimum atomic E-state index is -4.15. The van der Waals surface area contributed by atoms with Gasteiger partial charge in [-0.2, -0.15) is 4.31 Å². The zero-order valence-corrected chi connectivity index (χ0v) is 29.7. The predicted molar refractivity (Wildman–Crippen MR) is 184 cm³/mol. The molecular weight excluding hydrogens is 654 g/mol. The van der Waals surface area contributed by atoms with E-state index in [-0.39, 0.29) is 56.1 Å². The lowest BCUT2D eigenvalue weighted by molar-refractivity contribution is -0.156. The standard InChI is InChI=1S/C35H51N3O10S/c1-5-17-44-24-33(39)36-28-12-14-30(15-13-28)49(42,43)38(21-26(3)4)22-32(48-34(40)25-45-18-6-2)31(20-27-10-8-7-9-11-27)37-35(41)47-29-16-19-46-23-29/h7-15,26,29,31-32H,5-6,16-25H2,1-4H3,(H,36,39)(H,37,41). The van der Waals surface area contributed by atoms with E-state index in [9.17, 15) is 22.8 Å². The van der Waals surface area contributed by atoms with Gasteiger partial charge < -0.3 is 34.3 Å². The molecule has 0 aromatic heterocycles. The average Bonchev–Trinajstić information content (AvgIpc) is 3.57. The molecule has 0 spiro atoms. The summed E-state index contributed by atoms with van der Waals surface area (Å²) in [5, 5.41) is 5.55. The van der Waals surface area contributed by atoms with Crippen LogP contribution in [-0.2, 0) is 49.7 Å². The molecular formula is C35H51N3O10S. The van der Waals surface area contributed by atoms with Crippen molar-refractivity contribution in [2.75, 3.05) is 58.0 Å². The van der Waals surface area contributed by atoms with Crippen LogP contribution in [0.4, 0.5) is 10.5 Å². The minimum absolute atomic E-state index is 0.0158. The van der Waals surface area contributed by atoms with Crippen LogP contribution in [0.1, 0.15) is 52.5 Å². The molecule has 0 saturated carbocycles. The van der Waals surface area contributed by atoms with Crippen molar-refractivity contribution >= 4 is 33.7 Å². The maximum Gasteiger partial charge on any atom is 0.407 e. The van der Waals surface area contributed by atoms with Crippen molar-refractivity contribution in [3.8, 4) is 0 Å². The molecule has 49 heavy (non-hydrogen) atoms. The first-order valence-corrected chi connectivity index (χ1v) is 18.3. The van der Waals surface area contributed by atoms with E-state index in [1.807, 2.05) is 58.0 Å². The molecule has 3 atom stereocenters. The van der Waals surface area contributed by atoms with Gasteiger partial charge in [0, 0.05) is 31.9 Å². The Morgan fingerprint density at radius 3 is 2.22 bits per heavy atom. The summed E-state index contributed by atoms with van der Waals surface area (Å²) >= 11 is 0. The summed E-state index contributed by atoms with van der Waals surface area (Å²) < 4.78 is 57.1. The van der Waals surface area contributed by atoms with Crippen LogP contribution < -0.4 is 10.6 Å². The van der Waals surface area contributed by atoms with Gasteiger partial charge in [0.15, 0.2) is 0 Å². The monoisotopic (exact) mass is 705 g/mol. The lowest BCUT2D eigenvalue weighted by atomic mass is 10.0. The Morgan fingerprint density at radius 2 is 1.61 bits per heavy atom. The molecule has 1 heterocycles. The zero-order chi connectivity index (χ0) is 35.6. The highest BCUT2D eigenvalue weighted by molar-refractivity contribution is 7.89. The van der Waals surface area contributed by atoms with Gasteiger partial charge in [0.05, 0.1) is 30.7 Å². The number of hydrogen-bond donors (Lipinski definition) is 2. The van der Waals surface area contributed by atoms with E-state index >= 15 is 0 Å². The summed E-state index contributed by atoms with van der Waals surface area (Å²) in [5.41, 5.74) is 1.24. The molecule has 13 nitrogen and oxygen atoms in total. The third-order valence-electron chi connectivity index (χ3n) is 7.37. The Balaban J connectivity index is 1.91. The van der Waals surface area contributed by atoms with E-state index in [0.717, 1.165) is 12.0 Å². The van der Waals surface area contributed by atoms with E-state index in [0.29, 0.717) is 38.3 Å². The first kappa shape index (κ1) is 39.9. The number of carbonyl (C=O) groups is 3. The number of benzene rings is 2. The highest BCUT2D eigenvalue weighted by Crippen LogP contribution is 2.22. The molecule has 2 N–H and O–H groups in total. The van der Waals surface area contributed by atoms with Gasteiger partial charge in [-0.3, -0.25) is 4.79 Å². The molecule has 2 aromatic rings. The van der Waals surface area contributed by atoms with Crippen LogP contribution in [0.2, 0.25) is 0 Å². The Kier molecular flexibility index (Phi) is 17.0. The van der Waals surface area contributed by atoms with Gasteiger partial charge in [0.2, 0.25) is 15.9 Å². The number of esters is 1. The average molecular weight is 706 g/mol. The van der Waals surface area contributed by atoms with Crippen LogP contribution in [0.25, 0.3) is 0 Å². The van der Waals surface area contributed by atoms with Gasteiger partial charge in [-0.25, -0.2) is 18.0 Å². The number of anilines is 1. The maximum atomic E-state index is 14.2. The second-order valence-corrected chi connectivity index (χ2v) is 14.2. The molecule has 1 saturated heterocycles. The molecule has 2 aromatic carbocycles. The van der Waals surface area contributed by atoms with Crippen LogP contribution >= 0.6 is 0 Å². The predicted octanol–water partition coefficient (Wildman–Crippen LogP) is 4.16. The molecule has 14 heteroatoms. The molecule has 0 aliphatic carbocycles. The van der Waals surface area contributed by atoms with E-state index < -0.39 is 40.3 Å². The van der Waals surface area contributed by atoms with Crippen molar-refractivity contribution in [3.63, 3.8) is 0 Å². The summed E-state index contributed by atoms with van der Waals surface area (Å²) in [6, 6.07) is 14.2. The number of ether oxygens (including phenoxy) is 5. The first-order chi connectivity index (χ1) is 23.5. The Bertz CT molecular complexity index is 1400. The van der Waals surface area contributed by atoms with E-state index in [1.54, 1.807) is 0 Å². The molecule has 1 aliphatic heterocycles. The number of sulfonamides is 1. The smallest absolute Gasteiger partial charge is 0.407 e. The zero-order valence-electron chi connectivity index (χ0n) is 28.9. The third-order valence-corrected chi connectivity index (χ3v) is 9.22. The third kappa shape index (κ3) is 14.1. The second-order valence-electron chi connectivity index (χ2n) is 12.3. The minimum Gasteiger partial charge on any atom is -0.457 e. The van der Waals surface area contributed by atoms with Crippen LogP contribution in [0, 0.1) is 5.92 Å². The Hall–Kier alpha value is -3.56. The lowest BCUT2D eigenvalue weighted by Crippen LogP contribution is -2.53. The van der Waals surface area contributed by atoms with Crippen molar-refractivity contribution in [2.45, 2.75) is 76.5 Å². The molecule has 3 rings (SSSR count). The van der Waals surface area contributed by atoms with Crippen LogP contribution in [0.3, 0.4) is 0 Å². The van der Waals surface area contributed by atoms with Crippen molar-refractivity contribution in [2.24, 2.45) is 5.92 Å². The fourth-order valence-corrected chi connectivity index (χ4v) is 6.70. The fraction of sp³-hybridized carbons (Fsp3) is 0.571. The number of rotatable bonds is 21. The molecule has 2 amide bonds. The van der Waals surface area contributed by atoms with Crippen molar-refractivity contribution in [1.29, 1.82) is 0 Å². The van der Waals surface area contributed by atoms with Gasteiger partial charge in [-0.1, -0.05) is 58.0 Å². The van der Waals surface area contributed by atoms with Crippen LogP contribution in [0.15, 0.2) is 59.5 Å². The quantitative estimate of drug-likeness (QED) is 0.143. The topological polar surface area (TPSA) is 159 Å². The Labute approximate surface area is 290 Å². The SMILES string of the molecule is CCCOCC(=O)Nc1ccc(S(=O)(=O)N(CC(C)C)CC(OC(=O)COCCC)C(Cc2ccccc2)NC(=O)OC2CCOC2)cc1. The highest BCUT2D eigenvalue weighted by atomic mass is 32.2. The highest BCUT2D eigenvalue weighted by Gasteiger charge is 2.35. The van der Waals surface area contributed by atoms with Gasteiger partial charge >= 0.3 is 12.1 Å². The number of amides is 2. The normalized spacial score (nSPS) is 15.9. The number of carbonyl (C=O) groups excluding carboxylic acids is 3. The summed E-state index contributed by atoms with van der Waals surface area (Å²) in [4.78, 5) is 38.4. The molecule has 272 valence electrons. The van der Waals surface area contributed by atoms with Gasteiger partial charge in [0.25, 0.3) is 0 Å². The van der Waals surface area contributed by atoms with Crippen molar-refractivity contribution in [1.82, 2.24) is 9.62 Å². The summed E-state index contributed by atoms with van der Waals surface area (Å²) in [5.74, 6) is -1.15. The van der Waals surface area contributed by atoms with E-state index in [1.165, 1.54) is 28.6 Å². The molecule has 1 fully saturated rings. The van der Waals surface area contributed by atoms with Gasteiger partial charge in [-0.05, 0) is 55.0 Å². The fourth-order valence-electron chi connectivity index (χ4n) is 5.08. The molecule has 3 unspecified atom stereocenters. The largest absolute Gasteiger partial charge is 0.457 e. The maximum absolute atomic E-state index is 14.2. The van der Waals surface area contributed by atoms with Crippen LogP contribution in [-0.4, -0.2) is 102 Å².